The molecule has 0 saturated carbocycles. The molecule has 0 radical (unpaired) electrons. The normalized spacial score (nSPS) is 10.3. The molecule has 0 aliphatic carbocycles. The number of carbonyl (C=O) groups is 2. The third-order valence-corrected chi connectivity index (χ3v) is 4.45. The quantitative estimate of drug-likeness (QED) is 0.620. The number of rotatable bonds is 6. The van der Waals surface area contributed by atoms with Crippen LogP contribution in [0.1, 0.15) is 21.1 Å². The summed E-state index contributed by atoms with van der Waals surface area (Å²) >= 11 is 1.59. The van der Waals surface area contributed by atoms with E-state index in [4.69, 9.17) is 0 Å². The summed E-state index contributed by atoms with van der Waals surface area (Å²) in [6, 6.07) is 10.4. The number of aromatic nitrogens is 3. The van der Waals surface area contributed by atoms with Crippen LogP contribution < -0.4 is 10.6 Å². The van der Waals surface area contributed by atoms with E-state index < -0.39 is 0 Å². The SMILES string of the molecule is CN(Cc1ncn[nH]1)C(=O)Nc1cccc(C(=O)NCc2cccs2)c1. The molecule has 3 aromatic rings. The summed E-state index contributed by atoms with van der Waals surface area (Å²) in [6.45, 7) is 0.778. The fourth-order valence-electron chi connectivity index (χ4n) is 2.24. The molecule has 3 N–H and O–H groups in total. The van der Waals surface area contributed by atoms with Gasteiger partial charge in [0, 0.05) is 23.2 Å². The maximum Gasteiger partial charge on any atom is 0.321 e. The van der Waals surface area contributed by atoms with E-state index in [2.05, 4.69) is 25.8 Å². The summed E-state index contributed by atoms with van der Waals surface area (Å²) in [7, 11) is 1.65. The fourth-order valence-corrected chi connectivity index (χ4v) is 2.89. The minimum absolute atomic E-state index is 0.190. The largest absolute Gasteiger partial charge is 0.347 e. The second-order valence-electron chi connectivity index (χ2n) is 5.56. The fraction of sp³-hybridized carbons (Fsp3) is 0.176. The molecular weight excluding hydrogens is 352 g/mol. The number of carbonyl (C=O) groups excluding carboxylic acids is 2. The van der Waals surface area contributed by atoms with Crippen molar-refractivity contribution in [2.75, 3.05) is 12.4 Å². The molecule has 0 aliphatic heterocycles. The Balaban J connectivity index is 1.57. The van der Waals surface area contributed by atoms with Gasteiger partial charge < -0.3 is 15.5 Å². The summed E-state index contributed by atoms with van der Waals surface area (Å²) in [5.74, 6) is 0.397. The third kappa shape index (κ3) is 4.67. The molecule has 0 unspecified atom stereocenters. The van der Waals surface area contributed by atoms with Crippen molar-refractivity contribution in [2.45, 2.75) is 13.1 Å². The van der Waals surface area contributed by atoms with E-state index in [9.17, 15) is 9.59 Å². The van der Waals surface area contributed by atoms with E-state index in [0.29, 0.717) is 30.2 Å². The van der Waals surface area contributed by atoms with Gasteiger partial charge in [-0.05, 0) is 29.6 Å². The molecule has 0 saturated heterocycles. The summed E-state index contributed by atoms with van der Waals surface area (Å²) in [4.78, 5) is 31.1. The Bertz CT molecular complexity index is 863. The Morgan fingerprint density at radius 2 is 2.15 bits per heavy atom. The lowest BCUT2D eigenvalue weighted by molar-refractivity contribution is 0.0951. The minimum Gasteiger partial charge on any atom is -0.347 e. The molecule has 2 aromatic heterocycles. The zero-order chi connectivity index (χ0) is 18.4. The van der Waals surface area contributed by atoms with E-state index >= 15 is 0 Å². The van der Waals surface area contributed by atoms with Gasteiger partial charge in [-0.1, -0.05) is 12.1 Å². The first-order valence-electron chi connectivity index (χ1n) is 7.89. The van der Waals surface area contributed by atoms with Gasteiger partial charge in [0.25, 0.3) is 5.91 Å². The average Bonchev–Trinajstić information content (AvgIpc) is 3.33. The lowest BCUT2D eigenvalue weighted by Crippen LogP contribution is -2.31. The van der Waals surface area contributed by atoms with Crippen LogP contribution in [0, 0.1) is 0 Å². The first-order valence-corrected chi connectivity index (χ1v) is 8.77. The predicted octanol–water partition coefficient (Wildman–Crippen LogP) is 2.46. The van der Waals surface area contributed by atoms with E-state index in [-0.39, 0.29) is 11.9 Å². The number of aromatic amines is 1. The van der Waals surface area contributed by atoms with Crippen LogP contribution >= 0.6 is 11.3 Å². The highest BCUT2D eigenvalue weighted by Crippen LogP contribution is 2.13. The Hall–Kier alpha value is -3.20. The van der Waals surface area contributed by atoms with Gasteiger partial charge in [0.15, 0.2) is 0 Å². The average molecular weight is 370 g/mol. The van der Waals surface area contributed by atoms with Gasteiger partial charge in [-0.15, -0.1) is 11.3 Å². The van der Waals surface area contributed by atoms with E-state index in [1.807, 2.05) is 17.5 Å². The maximum atomic E-state index is 12.3. The highest BCUT2D eigenvalue weighted by atomic mass is 32.1. The van der Waals surface area contributed by atoms with Crippen molar-refractivity contribution in [3.63, 3.8) is 0 Å². The molecule has 0 atom stereocenters. The Morgan fingerprint density at radius 3 is 2.88 bits per heavy atom. The van der Waals surface area contributed by atoms with Crippen LogP contribution in [0.15, 0.2) is 48.1 Å². The topological polar surface area (TPSA) is 103 Å². The van der Waals surface area contributed by atoms with Crippen LogP contribution in [0.5, 0.6) is 0 Å². The van der Waals surface area contributed by atoms with Crippen molar-refractivity contribution in [3.05, 3.63) is 64.4 Å². The summed E-state index contributed by atoms with van der Waals surface area (Å²) in [6.07, 6.45) is 1.39. The lowest BCUT2D eigenvalue weighted by Gasteiger charge is -2.16. The van der Waals surface area contributed by atoms with Gasteiger partial charge in [0.05, 0.1) is 13.1 Å². The first-order chi connectivity index (χ1) is 12.6. The van der Waals surface area contributed by atoms with Gasteiger partial charge in [-0.25, -0.2) is 9.78 Å². The molecule has 3 rings (SSSR count). The van der Waals surface area contributed by atoms with Crippen molar-refractivity contribution in [3.8, 4) is 0 Å². The highest BCUT2D eigenvalue weighted by Gasteiger charge is 2.12. The number of amides is 3. The number of H-pyrrole nitrogens is 1. The first kappa shape index (κ1) is 17.6. The molecule has 0 bridgehead atoms. The molecular formula is C17H18N6O2S. The number of nitrogens with one attached hydrogen (secondary N) is 3. The molecule has 0 aliphatic rings. The van der Waals surface area contributed by atoms with Crippen molar-refractivity contribution < 1.29 is 9.59 Å². The zero-order valence-electron chi connectivity index (χ0n) is 14.1. The summed E-state index contributed by atoms with van der Waals surface area (Å²) < 4.78 is 0. The number of nitrogens with zero attached hydrogens (tertiary/aromatic N) is 3. The van der Waals surface area contributed by atoms with E-state index in [1.165, 1.54) is 11.2 Å². The maximum absolute atomic E-state index is 12.3. The summed E-state index contributed by atoms with van der Waals surface area (Å²) in [5, 5.41) is 14.0. The number of anilines is 1. The molecule has 9 heteroatoms. The molecule has 2 heterocycles. The molecule has 134 valence electrons. The van der Waals surface area contributed by atoms with Gasteiger partial charge >= 0.3 is 6.03 Å². The molecule has 8 nitrogen and oxygen atoms in total. The van der Waals surface area contributed by atoms with Crippen LogP contribution in [0.25, 0.3) is 0 Å². The summed E-state index contributed by atoms with van der Waals surface area (Å²) in [5.41, 5.74) is 1.03. The van der Waals surface area contributed by atoms with Crippen LogP contribution in [0.3, 0.4) is 0 Å². The van der Waals surface area contributed by atoms with Crippen molar-refractivity contribution in [1.29, 1.82) is 0 Å². The Kier molecular flexibility index (Phi) is 5.59. The predicted molar refractivity (Wildman–Crippen MR) is 98.8 cm³/mol. The Labute approximate surface area is 154 Å². The van der Waals surface area contributed by atoms with Crippen LogP contribution in [-0.2, 0) is 13.1 Å². The molecule has 3 amide bonds. The number of hydrogen-bond acceptors (Lipinski definition) is 5. The van der Waals surface area contributed by atoms with Crippen molar-refractivity contribution in [2.24, 2.45) is 0 Å². The molecule has 0 fully saturated rings. The number of hydrogen-bond donors (Lipinski definition) is 3. The second-order valence-corrected chi connectivity index (χ2v) is 6.59. The third-order valence-electron chi connectivity index (χ3n) is 3.58. The van der Waals surface area contributed by atoms with Gasteiger partial charge in [-0.2, -0.15) is 5.10 Å². The minimum atomic E-state index is -0.308. The monoisotopic (exact) mass is 370 g/mol. The highest BCUT2D eigenvalue weighted by molar-refractivity contribution is 7.09. The molecule has 26 heavy (non-hydrogen) atoms. The zero-order valence-corrected chi connectivity index (χ0v) is 14.9. The van der Waals surface area contributed by atoms with Crippen LogP contribution in [0.4, 0.5) is 10.5 Å². The second kappa shape index (κ2) is 8.26. The van der Waals surface area contributed by atoms with Gasteiger partial charge in [-0.3, -0.25) is 9.89 Å². The number of benzene rings is 1. The molecule has 1 aromatic carbocycles. The standard InChI is InChI=1S/C17H18N6O2S/c1-23(10-15-19-11-20-22-15)17(25)21-13-5-2-4-12(8-13)16(24)18-9-14-6-3-7-26-14/h2-8,11H,9-10H2,1H3,(H,18,24)(H,21,25)(H,19,20,22). The van der Waals surface area contributed by atoms with E-state index in [0.717, 1.165) is 4.88 Å². The van der Waals surface area contributed by atoms with Gasteiger partial charge in [0.1, 0.15) is 12.2 Å². The Morgan fingerprint density at radius 1 is 1.27 bits per heavy atom. The lowest BCUT2D eigenvalue weighted by atomic mass is 10.2. The van der Waals surface area contributed by atoms with Crippen molar-refractivity contribution >= 4 is 29.0 Å². The van der Waals surface area contributed by atoms with E-state index in [1.54, 1.807) is 42.6 Å². The van der Waals surface area contributed by atoms with Crippen LogP contribution in [0.2, 0.25) is 0 Å². The van der Waals surface area contributed by atoms with Gasteiger partial charge in [0.2, 0.25) is 0 Å². The smallest absolute Gasteiger partial charge is 0.321 e. The number of thiophene rings is 1. The molecule has 0 spiro atoms. The number of urea groups is 1. The van der Waals surface area contributed by atoms with Crippen molar-refractivity contribution in [1.82, 2.24) is 25.4 Å². The van der Waals surface area contributed by atoms with Crippen LogP contribution in [-0.4, -0.2) is 39.1 Å².